The fourth-order valence-corrected chi connectivity index (χ4v) is 7.58. The summed E-state index contributed by atoms with van der Waals surface area (Å²) >= 11 is 0. The second-order valence-corrected chi connectivity index (χ2v) is 27.7. The predicted octanol–water partition coefficient (Wildman–Crippen LogP) is 6.71. The van der Waals surface area contributed by atoms with Gasteiger partial charge in [-0.25, -0.2) is 9.59 Å². The number of nitrogens with zero attached hydrogens (tertiary/aromatic N) is 2. The lowest BCUT2D eigenvalue weighted by atomic mass is 10.1. The Hall–Kier alpha value is -3.73. The molecule has 2 aromatic carbocycles. The fourth-order valence-electron chi connectivity index (χ4n) is 6.07. The molecule has 2 aliphatic rings. The molecule has 2 saturated heterocycles. The van der Waals surface area contributed by atoms with Crippen molar-refractivity contribution in [3.8, 4) is 11.5 Å². The van der Waals surface area contributed by atoms with Gasteiger partial charge in [0.1, 0.15) is 23.6 Å². The number of carbonyl (C=O) groups excluding carboxylic acids is 3. The number of carboxylic acids is 1. The molecule has 0 aliphatic carbocycles. The van der Waals surface area contributed by atoms with Crippen molar-refractivity contribution in [3.63, 3.8) is 0 Å². The Morgan fingerprint density at radius 3 is 1.47 bits per heavy atom. The molecule has 12 nitrogen and oxygen atoms in total. The molecule has 0 saturated carbocycles. The zero-order chi connectivity index (χ0) is 39.3. The van der Waals surface area contributed by atoms with Crippen LogP contribution in [0.5, 0.6) is 11.5 Å². The number of hydrogen-bond acceptors (Lipinski definition) is 9. The molecule has 0 spiro atoms. The zero-order valence-corrected chi connectivity index (χ0v) is 35.0. The third-order valence-corrected chi connectivity index (χ3v) is 12.5. The van der Waals surface area contributed by atoms with Crippen LogP contribution in [0.2, 0.25) is 51.4 Å². The number of ether oxygens (including phenoxy) is 5. The number of rotatable bonds is 16. The molecule has 2 amide bonds. The maximum Gasteiger partial charge on any atom is 0.328 e. The van der Waals surface area contributed by atoms with Crippen molar-refractivity contribution in [2.75, 3.05) is 47.0 Å². The van der Waals surface area contributed by atoms with Gasteiger partial charge in [-0.1, -0.05) is 77.4 Å². The van der Waals surface area contributed by atoms with Crippen molar-refractivity contribution in [3.05, 3.63) is 59.7 Å². The van der Waals surface area contributed by atoms with Crippen LogP contribution in [0, 0.1) is 11.8 Å². The second kappa shape index (κ2) is 20.1. The molecule has 0 radical (unpaired) electrons. The van der Waals surface area contributed by atoms with Crippen LogP contribution >= 0.6 is 0 Å². The molecular weight excluding hydrogens is 713 g/mol. The predicted molar refractivity (Wildman–Crippen MR) is 209 cm³/mol. The molecule has 2 aromatic rings. The first-order valence-corrected chi connectivity index (χ1v) is 25.8. The van der Waals surface area contributed by atoms with Gasteiger partial charge in [0.15, 0.2) is 13.6 Å². The first-order chi connectivity index (χ1) is 24.9. The highest BCUT2D eigenvalue weighted by atomic mass is 28.3. The lowest BCUT2D eigenvalue weighted by Gasteiger charge is -2.23. The van der Waals surface area contributed by atoms with Crippen LogP contribution < -0.4 is 9.47 Å². The number of carbonyl (C=O) groups is 4. The highest BCUT2D eigenvalue weighted by Crippen LogP contribution is 2.30. The van der Waals surface area contributed by atoms with E-state index in [4.69, 9.17) is 23.7 Å². The Kier molecular flexibility index (Phi) is 16.6. The number of benzene rings is 2. The normalized spacial score (nSPS) is 20.0. The van der Waals surface area contributed by atoms with E-state index in [1.165, 1.54) is 12.0 Å². The Balaban J connectivity index is 0.000000286. The molecule has 0 bridgehead atoms. The number of para-hydroxylation sites is 2. The van der Waals surface area contributed by atoms with Gasteiger partial charge in [-0.15, -0.1) is 0 Å². The summed E-state index contributed by atoms with van der Waals surface area (Å²) in [5.41, 5.74) is 0.816. The topological polar surface area (TPSA) is 141 Å². The minimum atomic E-state index is -1.16. The van der Waals surface area contributed by atoms with Gasteiger partial charge in [0.2, 0.25) is 0 Å². The number of aliphatic carboxylic acids is 1. The monoisotopic (exact) mass is 772 g/mol. The van der Waals surface area contributed by atoms with Crippen molar-refractivity contribution >= 4 is 39.9 Å². The van der Waals surface area contributed by atoms with Crippen LogP contribution in [0.4, 0.5) is 0 Å². The largest absolute Gasteiger partial charge is 0.480 e. The number of methoxy groups -OCH3 is 1. The molecule has 2 aliphatic heterocycles. The Labute approximate surface area is 317 Å². The maximum absolute atomic E-state index is 13.1. The Morgan fingerprint density at radius 1 is 0.679 bits per heavy atom. The Bertz CT molecular complexity index is 1530. The van der Waals surface area contributed by atoms with E-state index in [1.807, 2.05) is 19.9 Å². The SMILES string of the molecule is COC(=O)[C@@H]1C[C@@H](C)CN1C(=O)c1ccccc1OCOCC[Si](C)(C)C.C[C@@H]1C[C@@H](C(=O)O)N(C(=O)c2ccccc2OCOCC[Si](C)(C)C)C1. The average molecular weight is 773 g/mol. The van der Waals surface area contributed by atoms with Crippen molar-refractivity contribution in [2.24, 2.45) is 11.8 Å². The first kappa shape index (κ1) is 43.7. The quantitative estimate of drug-likeness (QED) is 0.0847. The van der Waals surface area contributed by atoms with Crippen LogP contribution in [-0.4, -0.2) is 114 Å². The van der Waals surface area contributed by atoms with Gasteiger partial charge >= 0.3 is 11.9 Å². The van der Waals surface area contributed by atoms with Gasteiger partial charge < -0.3 is 38.6 Å². The minimum absolute atomic E-state index is 0.0769. The van der Waals surface area contributed by atoms with E-state index in [1.54, 1.807) is 47.4 Å². The van der Waals surface area contributed by atoms with Crippen LogP contribution in [0.3, 0.4) is 0 Å². The molecule has 14 heteroatoms. The van der Waals surface area contributed by atoms with Crippen molar-refractivity contribution < 1.29 is 48.0 Å². The molecule has 4 rings (SSSR count). The molecule has 2 heterocycles. The summed E-state index contributed by atoms with van der Waals surface area (Å²) < 4.78 is 27.4. The molecule has 1 N–H and O–H groups in total. The number of esters is 1. The lowest BCUT2D eigenvalue weighted by Crippen LogP contribution is -2.41. The van der Waals surface area contributed by atoms with E-state index in [2.05, 4.69) is 39.3 Å². The zero-order valence-electron chi connectivity index (χ0n) is 33.0. The van der Waals surface area contributed by atoms with Gasteiger partial charge in [-0.3, -0.25) is 9.59 Å². The average Bonchev–Trinajstić information content (AvgIpc) is 3.69. The van der Waals surface area contributed by atoms with Gasteiger partial charge in [-0.2, -0.15) is 0 Å². The van der Waals surface area contributed by atoms with Crippen LogP contribution in [0.15, 0.2) is 48.5 Å². The molecule has 53 heavy (non-hydrogen) atoms. The van der Waals surface area contributed by atoms with E-state index >= 15 is 0 Å². The molecule has 4 atom stereocenters. The van der Waals surface area contributed by atoms with E-state index < -0.39 is 34.2 Å². The number of amides is 2. The summed E-state index contributed by atoms with van der Waals surface area (Å²) in [6, 6.07) is 14.8. The highest BCUT2D eigenvalue weighted by Gasteiger charge is 2.40. The second-order valence-electron chi connectivity index (χ2n) is 16.4. The summed E-state index contributed by atoms with van der Waals surface area (Å²) in [4.78, 5) is 52.5. The van der Waals surface area contributed by atoms with Gasteiger partial charge in [0, 0.05) is 42.5 Å². The molecule has 0 unspecified atom stereocenters. The van der Waals surface area contributed by atoms with Crippen LogP contribution in [0.25, 0.3) is 0 Å². The number of likely N-dealkylation sites (tertiary alicyclic amines) is 2. The van der Waals surface area contributed by atoms with Crippen molar-refractivity contribution in [1.82, 2.24) is 9.80 Å². The summed E-state index contributed by atoms with van der Waals surface area (Å²) in [5.74, 6) is -0.551. The first-order valence-electron chi connectivity index (χ1n) is 18.4. The summed E-state index contributed by atoms with van der Waals surface area (Å²) in [5, 5.41) is 9.39. The standard InChI is InChI=1S/C20H31NO5Si.C19H29NO5Si/c1-15-12-17(20(23)24-2)21(13-15)19(22)16-8-6-7-9-18(16)26-14-25-10-11-27(3,4)5;1-14-11-16(19(22)23)20(12-14)18(21)15-7-5-6-8-17(15)25-13-24-9-10-26(2,3)4/h6-9,15,17H,10-14H2,1-5H3;5-8,14,16H,9-13H2,1-4H3,(H,22,23)/t15-,17+;14-,16+/m11/s1. The van der Waals surface area contributed by atoms with E-state index in [0.29, 0.717) is 61.8 Å². The van der Waals surface area contributed by atoms with Gasteiger partial charge in [0.05, 0.1) is 18.2 Å². The van der Waals surface area contributed by atoms with Gasteiger partial charge in [-0.05, 0) is 61.0 Å². The fraction of sp³-hybridized carbons (Fsp3) is 0.590. The lowest BCUT2D eigenvalue weighted by molar-refractivity contribution is -0.145. The maximum atomic E-state index is 13.1. The number of hydrogen-bond donors (Lipinski definition) is 1. The van der Waals surface area contributed by atoms with E-state index in [9.17, 15) is 24.3 Å². The molecule has 294 valence electrons. The van der Waals surface area contributed by atoms with Crippen LogP contribution in [0.1, 0.15) is 47.4 Å². The van der Waals surface area contributed by atoms with Crippen molar-refractivity contribution in [1.29, 1.82) is 0 Å². The Morgan fingerprint density at radius 2 is 1.08 bits per heavy atom. The van der Waals surface area contributed by atoms with E-state index in [0.717, 1.165) is 12.1 Å². The number of carboxylic acid groups (broad SMARTS) is 1. The highest BCUT2D eigenvalue weighted by molar-refractivity contribution is 6.76. The summed E-state index contributed by atoms with van der Waals surface area (Å²) in [7, 11) is -0.952. The third-order valence-electron chi connectivity index (χ3n) is 9.12. The van der Waals surface area contributed by atoms with Crippen molar-refractivity contribution in [2.45, 2.75) is 90.1 Å². The summed E-state index contributed by atoms with van der Waals surface area (Å²) in [6.45, 7) is 20.1. The summed E-state index contributed by atoms with van der Waals surface area (Å²) in [6.07, 6.45) is 1.09. The minimum Gasteiger partial charge on any atom is -0.480 e. The molecular formula is C39H60N2O10Si2. The molecule has 0 aromatic heterocycles. The van der Waals surface area contributed by atoms with E-state index in [-0.39, 0.29) is 43.2 Å². The smallest absolute Gasteiger partial charge is 0.328 e. The van der Waals surface area contributed by atoms with Gasteiger partial charge in [0.25, 0.3) is 11.8 Å². The molecule has 2 fully saturated rings. The third kappa shape index (κ3) is 13.9. The van der Waals surface area contributed by atoms with Crippen LogP contribution in [-0.2, 0) is 23.8 Å².